The molecular formula is C17H21N7S2. The summed E-state index contributed by atoms with van der Waals surface area (Å²) in [5.41, 5.74) is 0. The summed E-state index contributed by atoms with van der Waals surface area (Å²) in [6, 6.07) is 4.21. The summed E-state index contributed by atoms with van der Waals surface area (Å²) in [5.74, 6) is 1.95. The molecule has 26 heavy (non-hydrogen) atoms. The van der Waals surface area contributed by atoms with Gasteiger partial charge in [0, 0.05) is 56.9 Å². The van der Waals surface area contributed by atoms with Crippen LogP contribution in [0.5, 0.6) is 0 Å². The van der Waals surface area contributed by atoms with Gasteiger partial charge in [-0.3, -0.25) is 9.88 Å². The van der Waals surface area contributed by atoms with Crippen molar-refractivity contribution >= 4 is 29.4 Å². The van der Waals surface area contributed by atoms with E-state index in [9.17, 15) is 0 Å². The second-order valence-electron chi connectivity index (χ2n) is 6.32. The Labute approximate surface area is 161 Å². The van der Waals surface area contributed by atoms with E-state index in [4.69, 9.17) is 17.3 Å². The Morgan fingerprint density at radius 3 is 2.73 bits per heavy atom. The molecule has 4 heterocycles. The van der Waals surface area contributed by atoms with Crippen molar-refractivity contribution in [1.82, 2.24) is 29.2 Å². The van der Waals surface area contributed by atoms with Crippen LogP contribution in [0.3, 0.4) is 0 Å². The van der Waals surface area contributed by atoms with E-state index < -0.39 is 0 Å². The van der Waals surface area contributed by atoms with E-state index in [-0.39, 0.29) is 0 Å². The summed E-state index contributed by atoms with van der Waals surface area (Å²) >= 11 is 7.34. The molecule has 7 nitrogen and oxygen atoms in total. The molecule has 1 saturated heterocycles. The van der Waals surface area contributed by atoms with Crippen LogP contribution in [-0.4, -0.2) is 55.4 Å². The van der Waals surface area contributed by atoms with Gasteiger partial charge in [-0.25, -0.2) is 9.67 Å². The van der Waals surface area contributed by atoms with E-state index >= 15 is 0 Å². The van der Waals surface area contributed by atoms with Gasteiger partial charge < -0.3 is 9.47 Å². The molecule has 3 aromatic rings. The minimum atomic E-state index is 0.728. The molecule has 3 aromatic heterocycles. The lowest BCUT2D eigenvalue weighted by Crippen LogP contribution is -2.47. The average Bonchev–Trinajstić information content (AvgIpc) is 3.28. The SMILES string of the molecule is Cn1c(Cc2cccs2)nn(CN2CCN(c3cnccn3)CC2)c1=S. The first-order valence-electron chi connectivity index (χ1n) is 8.59. The molecule has 0 atom stereocenters. The van der Waals surface area contributed by atoms with Crippen molar-refractivity contribution in [2.45, 2.75) is 13.1 Å². The van der Waals surface area contributed by atoms with Crippen molar-refractivity contribution in [3.63, 3.8) is 0 Å². The van der Waals surface area contributed by atoms with Gasteiger partial charge in [0.2, 0.25) is 0 Å². The van der Waals surface area contributed by atoms with Gasteiger partial charge in [0.25, 0.3) is 0 Å². The van der Waals surface area contributed by atoms with Crippen LogP contribution in [0, 0.1) is 4.77 Å². The third-order valence-corrected chi connectivity index (χ3v) is 5.98. The number of thiophene rings is 1. The van der Waals surface area contributed by atoms with E-state index in [0.29, 0.717) is 0 Å². The second kappa shape index (κ2) is 7.65. The predicted molar refractivity (Wildman–Crippen MR) is 105 cm³/mol. The van der Waals surface area contributed by atoms with Crippen LogP contribution < -0.4 is 4.90 Å². The number of rotatable bonds is 5. The highest BCUT2D eigenvalue weighted by Crippen LogP contribution is 2.15. The van der Waals surface area contributed by atoms with Gasteiger partial charge in [-0.05, 0) is 23.7 Å². The third kappa shape index (κ3) is 3.69. The molecule has 1 aliphatic heterocycles. The number of hydrogen-bond acceptors (Lipinski definition) is 7. The normalized spacial score (nSPS) is 15.5. The predicted octanol–water partition coefficient (Wildman–Crippen LogP) is 2.17. The molecule has 1 aliphatic rings. The zero-order chi connectivity index (χ0) is 17.9. The molecule has 0 saturated carbocycles. The summed E-state index contributed by atoms with van der Waals surface area (Å²) in [6.07, 6.45) is 6.09. The molecule has 0 N–H and O–H groups in total. The van der Waals surface area contributed by atoms with Crippen molar-refractivity contribution in [3.8, 4) is 0 Å². The lowest BCUT2D eigenvalue weighted by molar-refractivity contribution is 0.193. The zero-order valence-corrected chi connectivity index (χ0v) is 16.3. The maximum Gasteiger partial charge on any atom is 0.198 e. The quantitative estimate of drug-likeness (QED) is 0.626. The van der Waals surface area contributed by atoms with E-state index in [1.165, 1.54) is 4.88 Å². The van der Waals surface area contributed by atoms with Gasteiger partial charge in [-0.2, -0.15) is 5.10 Å². The van der Waals surface area contributed by atoms with Crippen LogP contribution in [0.1, 0.15) is 10.7 Å². The maximum absolute atomic E-state index is 5.59. The highest BCUT2D eigenvalue weighted by molar-refractivity contribution is 7.71. The topological polar surface area (TPSA) is 55.0 Å². The van der Waals surface area contributed by atoms with Crippen LogP contribution in [0.2, 0.25) is 0 Å². The Morgan fingerprint density at radius 1 is 1.19 bits per heavy atom. The van der Waals surface area contributed by atoms with Gasteiger partial charge in [-0.15, -0.1) is 11.3 Å². The largest absolute Gasteiger partial charge is 0.353 e. The summed E-state index contributed by atoms with van der Waals surface area (Å²) in [7, 11) is 2.00. The van der Waals surface area contributed by atoms with Crippen molar-refractivity contribution in [3.05, 3.63) is 51.6 Å². The first-order chi connectivity index (χ1) is 12.7. The first-order valence-corrected chi connectivity index (χ1v) is 9.88. The summed E-state index contributed by atoms with van der Waals surface area (Å²) < 4.78 is 4.73. The Kier molecular flexibility index (Phi) is 5.09. The summed E-state index contributed by atoms with van der Waals surface area (Å²) in [4.78, 5) is 14.5. The van der Waals surface area contributed by atoms with E-state index in [2.05, 4.69) is 37.3 Å². The number of hydrogen-bond donors (Lipinski definition) is 0. The van der Waals surface area contributed by atoms with Crippen LogP contribution in [-0.2, 0) is 20.1 Å². The number of piperazine rings is 1. The van der Waals surface area contributed by atoms with Gasteiger partial charge in [0.15, 0.2) is 4.77 Å². The fourth-order valence-corrected chi connectivity index (χ4v) is 4.02. The van der Waals surface area contributed by atoms with Gasteiger partial charge in [0.05, 0.1) is 12.9 Å². The van der Waals surface area contributed by atoms with Crippen LogP contribution in [0.15, 0.2) is 36.1 Å². The average molecular weight is 388 g/mol. The number of anilines is 1. The molecule has 4 rings (SSSR count). The molecule has 1 fully saturated rings. The summed E-state index contributed by atoms with van der Waals surface area (Å²) in [6.45, 7) is 4.50. The minimum Gasteiger partial charge on any atom is -0.353 e. The van der Waals surface area contributed by atoms with E-state index in [0.717, 1.165) is 55.7 Å². The third-order valence-electron chi connectivity index (χ3n) is 4.62. The minimum absolute atomic E-state index is 0.728. The highest BCUT2D eigenvalue weighted by atomic mass is 32.1. The molecule has 0 spiro atoms. The lowest BCUT2D eigenvalue weighted by atomic mass is 10.3. The number of aromatic nitrogens is 5. The molecule has 9 heteroatoms. The number of nitrogens with zero attached hydrogens (tertiary/aromatic N) is 7. The van der Waals surface area contributed by atoms with Crippen molar-refractivity contribution in [1.29, 1.82) is 0 Å². The van der Waals surface area contributed by atoms with Gasteiger partial charge in [-0.1, -0.05) is 6.07 Å². The molecule has 0 bridgehead atoms. The molecule has 0 aliphatic carbocycles. The monoisotopic (exact) mass is 387 g/mol. The molecule has 0 aromatic carbocycles. The van der Waals surface area contributed by atoms with Gasteiger partial charge >= 0.3 is 0 Å². The van der Waals surface area contributed by atoms with Crippen molar-refractivity contribution in [2.75, 3.05) is 31.1 Å². The zero-order valence-electron chi connectivity index (χ0n) is 14.7. The fourth-order valence-electron chi connectivity index (χ4n) is 3.11. The smallest absolute Gasteiger partial charge is 0.198 e. The molecular weight excluding hydrogens is 366 g/mol. The Hall–Kier alpha value is -2.10. The highest BCUT2D eigenvalue weighted by Gasteiger charge is 2.19. The maximum atomic E-state index is 5.59. The molecule has 0 amide bonds. The van der Waals surface area contributed by atoms with E-state index in [1.54, 1.807) is 23.7 Å². The van der Waals surface area contributed by atoms with Crippen LogP contribution in [0.4, 0.5) is 5.82 Å². The molecule has 0 unspecified atom stereocenters. The van der Waals surface area contributed by atoms with Crippen LogP contribution >= 0.6 is 23.6 Å². The molecule has 136 valence electrons. The Bertz CT molecular complexity index is 893. The van der Waals surface area contributed by atoms with Crippen molar-refractivity contribution < 1.29 is 0 Å². The van der Waals surface area contributed by atoms with Gasteiger partial charge in [0.1, 0.15) is 11.6 Å². The second-order valence-corrected chi connectivity index (χ2v) is 7.72. The van der Waals surface area contributed by atoms with Crippen molar-refractivity contribution in [2.24, 2.45) is 7.05 Å². The lowest BCUT2D eigenvalue weighted by Gasteiger charge is -2.34. The summed E-state index contributed by atoms with van der Waals surface area (Å²) in [5, 5.41) is 6.85. The standard InChI is InChI=1S/C17H21N7S2/c1-21-15(11-14-3-2-10-26-14)20-24(17(21)25)13-22-6-8-23(9-7-22)16-12-18-4-5-19-16/h2-5,10,12H,6-9,11,13H2,1H3. The Morgan fingerprint density at radius 2 is 2.04 bits per heavy atom. The fraction of sp³-hybridized carbons (Fsp3) is 0.412. The van der Waals surface area contributed by atoms with E-state index in [1.807, 2.05) is 22.5 Å². The molecule has 0 radical (unpaired) electrons. The van der Waals surface area contributed by atoms with Crippen LogP contribution in [0.25, 0.3) is 0 Å². The Balaban J connectivity index is 1.40. The first kappa shape index (κ1) is 17.3.